The van der Waals surface area contributed by atoms with Crippen molar-refractivity contribution in [1.82, 2.24) is 4.90 Å². The number of benzene rings is 2. The molecule has 2 heterocycles. The van der Waals surface area contributed by atoms with Crippen molar-refractivity contribution in [2.45, 2.75) is 70.7 Å². The number of hydrogen-bond donors (Lipinski definition) is 0. The molecule has 5 fully saturated rings. The lowest BCUT2D eigenvalue weighted by atomic mass is 9.43. The van der Waals surface area contributed by atoms with Crippen molar-refractivity contribution < 1.29 is 9.53 Å². The van der Waals surface area contributed by atoms with Gasteiger partial charge in [-0.3, -0.25) is 4.79 Å². The first kappa shape index (κ1) is 19.5. The molecule has 2 aromatic rings. The summed E-state index contributed by atoms with van der Waals surface area (Å²) in [6.07, 6.45) is 3.75. The highest BCUT2D eigenvalue weighted by atomic mass is 16.6. The summed E-state index contributed by atoms with van der Waals surface area (Å²) >= 11 is 0. The molecular weight excluding hydrogens is 382 g/mol. The van der Waals surface area contributed by atoms with Gasteiger partial charge in [-0.25, -0.2) is 0 Å². The van der Waals surface area contributed by atoms with Gasteiger partial charge in [-0.05, 0) is 49.0 Å². The first-order chi connectivity index (χ1) is 14.7. The van der Waals surface area contributed by atoms with E-state index in [4.69, 9.17) is 4.74 Å². The molecule has 3 nitrogen and oxygen atoms in total. The Morgan fingerprint density at radius 2 is 1.58 bits per heavy atom. The van der Waals surface area contributed by atoms with Gasteiger partial charge in [0.2, 0.25) is 5.91 Å². The van der Waals surface area contributed by atoms with Crippen LogP contribution < -0.4 is 0 Å². The van der Waals surface area contributed by atoms with Gasteiger partial charge in [0.25, 0.3) is 0 Å². The third kappa shape index (κ3) is 2.36. The highest BCUT2D eigenvalue weighted by Crippen LogP contribution is 2.71. The van der Waals surface area contributed by atoms with Crippen LogP contribution in [-0.2, 0) is 21.7 Å². The summed E-state index contributed by atoms with van der Waals surface area (Å²) in [4.78, 5) is 16.4. The van der Waals surface area contributed by atoms with Crippen LogP contribution in [0.1, 0.15) is 58.1 Å². The molecule has 0 radical (unpaired) electrons. The average molecular weight is 416 g/mol. The summed E-state index contributed by atoms with van der Waals surface area (Å²) in [6.45, 7) is 9.25. The largest absolute Gasteiger partial charge is 0.343 e. The van der Waals surface area contributed by atoms with Gasteiger partial charge >= 0.3 is 0 Å². The maximum Gasteiger partial charge on any atom is 0.231 e. The Hall–Kier alpha value is -2.13. The minimum Gasteiger partial charge on any atom is -0.343 e. The molecule has 2 bridgehead atoms. The molecule has 2 aliphatic heterocycles. The molecule has 6 atom stereocenters. The second-order valence-electron chi connectivity index (χ2n) is 11.6. The molecule has 7 rings (SSSR count). The van der Waals surface area contributed by atoms with E-state index in [0.717, 1.165) is 18.4 Å². The number of nitrogens with zero attached hydrogens (tertiary/aromatic N) is 1. The van der Waals surface area contributed by atoms with Gasteiger partial charge in [-0.1, -0.05) is 81.4 Å². The van der Waals surface area contributed by atoms with Crippen LogP contribution >= 0.6 is 0 Å². The number of ether oxygens (including phenoxy) is 1. The summed E-state index contributed by atoms with van der Waals surface area (Å²) in [5.74, 6) is 1.45. The molecule has 0 N–H and O–H groups in total. The van der Waals surface area contributed by atoms with E-state index in [9.17, 15) is 4.79 Å². The highest BCUT2D eigenvalue weighted by molar-refractivity contribution is 5.87. The van der Waals surface area contributed by atoms with Gasteiger partial charge in [0.1, 0.15) is 0 Å². The van der Waals surface area contributed by atoms with Crippen molar-refractivity contribution in [1.29, 1.82) is 0 Å². The minimum atomic E-state index is -0.658. The molecule has 31 heavy (non-hydrogen) atoms. The monoisotopic (exact) mass is 415 g/mol. The standard InChI is InChI=1S/C28H33NO2/c1-25(2)21-15-22(25)27(4)23(16-21)29-24(30)26(3,17-19-11-7-5-8-12-19)18-28(29,31-27)20-13-9-6-10-14-20/h5-14,21-23H,15-18H2,1-4H3/t21-,22-,23+,26-,27-,28+/m1/s1. The van der Waals surface area contributed by atoms with Crippen LogP contribution in [0.15, 0.2) is 60.7 Å². The van der Waals surface area contributed by atoms with Crippen LogP contribution in [0.25, 0.3) is 0 Å². The Kier molecular flexibility index (Phi) is 3.79. The number of hydrogen-bond acceptors (Lipinski definition) is 2. The van der Waals surface area contributed by atoms with Crippen molar-refractivity contribution in [3.63, 3.8) is 0 Å². The number of rotatable bonds is 3. The van der Waals surface area contributed by atoms with Gasteiger partial charge < -0.3 is 9.64 Å². The van der Waals surface area contributed by atoms with Crippen molar-refractivity contribution in [3.05, 3.63) is 71.8 Å². The van der Waals surface area contributed by atoms with Crippen molar-refractivity contribution >= 4 is 5.91 Å². The Morgan fingerprint density at radius 1 is 0.935 bits per heavy atom. The van der Waals surface area contributed by atoms with Crippen molar-refractivity contribution in [3.8, 4) is 0 Å². The Morgan fingerprint density at radius 3 is 2.23 bits per heavy atom. The fraction of sp³-hybridized carbons (Fsp3) is 0.536. The molecule has 0 spiro atoms. The van der Waals surface area contributed by atoms with Gasteiger partial charge in [-0.15, -0.1) is 0 Å². The Labute approximate surface area is 185 Å². The quantitative estimate of drug-likeness (QED) is 0.658. The van der Waals surface area contributed by atoms with Gasteiger partial charge in [-0.2, -0.15) is 0 Å². The van der Waals surface area contributed by atoms with Crippen molar-refractivity contribution in [2.24, 2.45) is 22.7 Å². The molecule has 1 amide bonds. The Balaban J connectivity index is 1.46. The molecule has 2 saturated heterocycles. The molecule has 0 unspecified atom stereocenters. The van der Waals surface area contributed by atoms with Crippen LogP contribution in [0.5, 0.6) is 0 Å². The zero-order valence-corrected chi connectivity index (χ0v) is 19.1. The van der Waals surface area contributed by atoms with Gasteiger partial charge in [0.05, 0.1) is 17.1 Å². The summed E-state index contributed by atoms with van der Waals surface area (Å²) in [7, 11) is 0. The lowest BCUT2D eigenvalue weighted by Crippen LogP contribution is -2.67. The fourth-order valence-electron chi connectivity index (χ4n) is 7.80. The minimum absolute atomic E-state index is 0.162. The summed E-state index contributed by atoms with van der Waals surface area (Å²) in [5.41, 5.74) is 1.24. The zero-order valence-electron chi connectivity index (χ0n) is 19.1. The van der Waals surface area contributed by atoms with Crippen LogP contribution in [-0.4, -0.2) is 22.4 Å². The van der Waals surface area contributed by atoms with E-state index in [1.807, 2.05) is 12.1 Å². The highest BCUT2D eigenvalue weighted by Gasteiger charge is 2.76. The first-order valence-electron chi connectivity index (χ1n) is 11.8. The maximum absolute atomic E-state index is 14.2. The lowest BCUT2D eigenvalue weighted by Gasteiger charge is -2.65. The van der Waals surface area contributed by atoms with Crippen LogP contribution in [0, 0.1) is 22.7 Å². The topological polar surface area (TPSA) is 29.5 Å². The Bertz CT molecular complexity index is 1030. The normalized spacial score (nSPS) is 42.1. The molecule has 0 aromatic heterocycles. The first-order valence-corrected chi connectivity index (χ1v) is 11.8. The predicted molar refractivity (Wildman–Crippen MR) is 121 cm³/mol. The van der Waals surface area contributed by atoms with Crippen molar-refractivity contribution in [2.75, 3.05) is 0 Å². The molecule has 3 aliphatic carbocycles. The predicted octanol–water partition coefficient (Wildman–Crippen LogP) is 5.54. The molecule has 162 valence electrons. The van der Waals surface area contributed by atoms with E-state index < -0.39 is 11.1 Å². The SMILES string of the molecule is CC1(C)[C@H]2C[C@@H]3N4C(=O)[C@](C)(Cc5ccccc5)C[C@@]4(c4ccccc4)O[C@]3(C)[C@@H]1C2. The smallest absolute Gasteiger partial charge is 0.231 e. The van der Waals surface area contributed by atoms with E-state index in [1.54, 1.807) is 0 Å². The summed E-state index contributed by atoms with van der Waals surface area (Å²) < 4.78 is 7.24. The molecular formula is C28H33NO2. The van der Waals surface area contributed by atoms with E-state index in [1.165, 1.54) is 12.0 Å². The van der Waals surface area contributed by atoms with E-state index >= 15 is 0 Å². The lowest BCUT2D eigenvalue weighted by molar-refractivity contribution is -0.231. The third-order valence-corrected chi connectivity index (χ3v) is 9.45. The van der Waals surface area contributed by atoms with Crippen LogP contribution in [0.2, 0.25) is 0 Å². The fourth-order valence-corrected chi connectivity index (χ4v) is 7.80. The second kappa shape index (κ2) is 6.01. The van der Waals surface area contributed by atoms with Gasteiger partial charge in [0.15, 0.2) is 5.72 Å². The van der Waals surface area contributed by atoms with Crippen LogP contribution in [0.3, 0.4) is 0 Å². The summed E-state index contributed by atoms with van der Waals surface area (Å²) in [6, 6.07) is 21.1. The molecule has 3 heteroatoms. The number of carbonyl (C=O) groups is 1. The number of fused-ring (bicyclic) bond motifs is 1. The molecule has 5 aliphatic rings. The van der Waals surface area contributed by atoms with E-state index in [0.29, 0.717) is 23.7 Å². The van der Waals surface area contributed by atoms with E-state index in [2.05, 4.69) is 81.1 Å². The number of carbonyl (C=O) groups excluding carboxylic acids is 1. The van der Waals surface area contributed by atoms with E-state index in [-0.39, 0.29) is 17.6 Å². The second-order valence-corrected chi connectivity index (χ2v) is 11.6. The molecule has 2 aromatic carbocycles. The van der Waals surface area contributed by atoms with Crippen LogP contribution in [0.4, 0.5) is 0 Å². The third-order valence-electron chi connectivity index (χ3n) is 9.45. The average Bonchev–Trinajstić information content (AvgIpc) is 3.13. The maximum atomic E-state index is 14.2. The summed E-state index contributed by atoms with van der Waals surface area (Å²) in [5, 5.41) is 0. The van der Waals surface area contributed by atoms with Gasteiger partial charge in [0, 0.05) is 12.0 Å². The number of amides is 1. The zero-order chi connectivity index (χ0) is 21.6. The molecule has 3 saturated carbocycles.